The fraction of sp³-hybridized carbons (Fsp3) is 0.208. The van der Waals surface area contributed by atoms with Crippen LogP contribution in [0.3, 0.4) is 0 Å². The Kier molecular flexibility index (Phi) is 4.87. The monoisotopic (exact) mass is 431 g/mol. The van der Waals surface area contributed by atoms with Gasteiger partial charge >= 0.3 is 6.03 Å². The summed E-state index contributed by atoms with van der Waals surface area (Å²) in [7, 11) is 0. The van der Waals surface area contributed by atoms with E-state index in [4.69, 9.17) is 11.6 Å². The molecule has 2 N–H and O–H groups in total. The van der Waals surface area contributed by atoms with E-state index in [9.17, 15) is 4.79 Å². The summed E-state index contributed by atoms with van der Waals surface area (Å²) in [5.74, 6) is 0.341. The molecule has 2 amide bonds. The number of urea groups is 1. The summed E-state index contributed by atoms with van der Waals surface area (Å²) >= 11 is 6.11. The topological polar surface area (TPSA) is 73.9 Å². The molecule has 0 radical (unpaired) electrons. The van der Waals surface area contributed by atoms with Crippen LogP contribution in [0.1, 0.15) is 36.6 Å². The van der Waals surface area contributed by atoms with Crippen LogP contribution in [-0.4, -0.2) is 26.1 Å². The second-order valence-corrected chi connectivity index (χ2v) is 8.60. The number of aromatic amines is 1. The van der Waals surface area contributed by atoms with Crippen molar-refractivity contribution in [2.75, 3.05) is 5.32 Å². The summed E-state index contributed by atoms with van der Waals surface area (Å²) in [6, 6.07) is 15.6. The second-order valence-electron chi connectivity index (χ2n) is 8.17. The van der Waals surface area contributed by atoms with E-state index < -0.39 is 0 Å². The van der Waals surface area contributed by atoms with Crippen LogP contribution >= 0.6 is 11.6 Å². The first-order valence-electron chi connectivity index (χ1n) is 10.3. The van der Waals surface area contributed by atoms with E-state index in [1.54, 1.807) is 4.90 Å². The smallest absolute Gasteiger partial charge is 0.316 e. The first kappa shape index (κ1) is 19.6. The van der Waals surface area contributed by atoms with Crippen LogP contribution in [0.5, 0.6) is 0 Å². The van der Waals surface area contributed by atoms with Gasteiger partial charge in [0.1, 0.15) is 5.69 Å². The van der Waals surface area contributed by atoms with Gasteiger partial charge in [-0.25, -0.2) is 4.79 Å². The van der Waals surface area contributed by atoms with Gasteiger partial charge < -0.3 is 10.2 Å². The quantitative estimate of drug-likeness (QED) is 0.419. The predicted octanol–water partition coefficient (Wildman–Crippen LogP) is 5.95. The summed E-state index contributed by atoms with van der Waals surface area (Å²) in [5.41, 5.74) is 6.70. The van der Waals surface area contributed by atoms with Gasteiger partial charge in [-0.2, -0.15) is 5.10 Å². The van der Waals surface area contributed by atoms with Gasteiger partial charge in [0, 0.05) is 46.6 Å². The highest BCUT2D eigenvalue weighted by molar-refractivity contribution is 6.30. The van der Waals surface area contributed by atoms with Gasteiger partial charge in [-0.15, -0.1) is 0 Å². The number of aromatic nitrogens is 3. The van der Waals surface area contributed by atoms with E-state index in [1.165, 1.54) is 0 Å². The lowest BCUT2D eigenvalue weighted by molar-refractivity contribution is 0.204. The van der Waals surface area contributed by atoms with Gasteiger partial charge in [0.05, 0.1) is 5.52 Å². The minimum Gasteiger partial charge on any atom is -0.316 e. The van der Waals surface area contributed by atoms with Crippen molar-refractivity contribution in [2.45, 2.75) is 32.9 Å². The summed E-state index contributed by atoms with van der Waals surface area (Å²) in [6.07, 6.45) is 1.83. The molecule has 0 atom stereocenters. The van der Waals surface area contributed by atoms with E-state index in [-0.39, 0.29) is 6.03 Å². The number of nitrogens with zero attached hydrogens (tertiary/aromatic N) is 3. The summed E-state index contributed by atoms with van der Waals surface area (Å²) in [4.78, 5) is 18.9. The SMILES string of the molecule is CC(C)c1cc(-c2n[nH]c3cc4c(cc23)CN(Cc2cccc(Cl)c2)C(=O)N4)ccn1. The lowest BCUT2D eigenvalue weighted by Crippen LogP contribution is -2.38. The molecule has 5 rings (SSSR count). The maximum absolute atomic E-state index is 12.7. The van der Waals surface area contributed by atoms with E-state index in [2.05, 4.69) is 46.5 Å². The number of benzene rings is 2. The van der Waals surface area contributed by atoms with Crippen LogP contribution < -0.4 is 5.32 Å². The molecule has 0 spiro atoms. The zero-order chi connectivity index (χ0) is 21.5. The van der Waals surface area contributed by atoms with E-state index in [0.717, 1.165) is 44.7 Å². The maximum Gasteiger partial charge on any atom is 0.322 e. The highest BCUT2D eigenvalue weighted by atomic mass is 35.5. The normalized spacial score (nSPS) is 13.5. The number of carbonyl (C=O) groups excluding carboxylic acids is 1. The Morgan fingerprint density at radius 2 is 2.03 bits per heavy atom. The third kappa shape index (κ3) is 3.75. The van der Waals surface area contributed by atoms with Crippen LogP contribution in [0.2, 0.25) is 5.02 Å². The average Bonchev–Trinajstić information content (AvgIpc) is 3.15. The number of fused-ring (bicyclic) bond motifs is 2. The van der Waals surface area contributed by atoms with Crippen molar-refractivity contribution in [1.82, 2.24) is 20.1 Å². The van der Waals surface area contributed by atoms with Crippen LogP contribution in [-0.2, 0) is 13.1 Å². The Labute approximate surface area is 185 Å². The molecule has 1 aliphatic rings. The van der Waals surface area contributed by atoms with Gasteiger partial charge in [-0.05, 0) is 53.4 Å². The molecule has 156 valence electrons. The molecule has 0 saturated carbocycles. The first-order valence-corrected chi connectivity index (χ1v) is 10.6. The van der Waals surface area contributed by atoms with Crippen molar-refractivity contribution in [1.29, 1.82) is 0 Å². The van der Waals surface area contributed by atoms with Gasteiger partial charge in [0.15, 0.2) is 0 Å². The zero-order valence-corrected chi connectivity index (χ0v) is 18.1. The molecule has 2 aromatic carbocycles. The van der Waals surface area contributed by atoms with Crippen molar-refractivity contribution < 1.29 is 4.79 Å². The van der Waals surface area contributed by atoms with Crippen molar-refractivity contribution in [2.24, 2.45) is 0 Å². The lowest BCUT2D eigenvalue weighted by Gasteiger charge is -2.29. The molecule has 2 aromatic heterocycles. The van der Waals surface area contributed by atoms with Crippen LogP contribution in [0.15, 0.2) is 54.7 Å². The number of pyridine rings is 1. The largest absolute Gasteiger partial charge is 0.322 e. The predicted molar refractivity (Wildman–Crippen MR) is 123 cm³/mol. The molecular weight excluding hydrogens is 410 g/mol. The van der Waals surface area contributed by atoms with Crippen LogP contribution in [0.4, 0.5) is 10.5 Å². The molecule has 1 aliphatic heterocycles. The average molecular weight is 432 g/mol. The van der Waals surface area contributed by atoms with Crippen molar-refractivity contribution in [3.63, 3.8) is 0 Å². The molecule has 0 aliphatic carbocycles. The number of H-pyrrole nitrogens is 1. The third-order valence-corrected chi connectivity index (χ3v) is 5.82. The zero-order valence-electron chi connectivity index (χ0n) is 17.3. The Balaban J connectivity index is 1.50. The van der Waals surface area contributed by atoms with Crippen molar-refractivity contribution in [3.05, 3.63) is 76.6 Å². The summed E-state index contributed by atoms with van der Waals surface area (Å²) in [5, 5.41) is 12.4. The maximum atomic E-state index is 12.7. The molecule has 4 aromatic rings. The molecule has 3 heterocycles. The Morgan fingerprint density at radius 1 is 1.16 bits per heavy atom. The van der Waals surface area contributed by atoms with Crippen LogP contribution in [0.25, 0.3) is 22.2 Å². The Morgan fingerprint density at radius 3 is 2.84 bits per heavy atom. The number of rotatable bonds is 4. The second kappa shape index (κ2) is 7.71. The fourth-order valence-corrected chi connectivity index (χ4v) is 4.16. The number of amides is 2. The fourth-order valence-electron chi connectivity index (χ4n) is 3.94. The molecule has 6 nitrogen and oxygen atoms in total. The Hall–Kier alpha value is -3.38. The van der Waals surface area contributed by atoms with Gasteiger partial charge in [0.2, 0.25) is 0 Å². The van der Waals surface area contributed by atoms with E-state index >= 15 is 0 Å². The van der Waals surface area contributed by atoms with Crippen molar-refractivity contribution >= 4 is 34.2 Å². The molecule has 7 heteroatoms. The van der Waals surface area contributed by atoms with Gasteiger partial charge in [0.25, 0.3) is 0 Å². The standard InChI is InChI=1S/C24H22ClN5O/c1-14(2)20-10-16(6-7-26-20)23-19-9-17-13-30(12-15-4-3-5-18(25)8-15)24(31)27-21(17)11-22(19)28-29-23/h3-11,14H,12-13H2,1-2H3,(H,27,31)(H,28,29). The van der Waals surface area contributed by atoms with Gasteiger partial charge in [-0.3, -0.25) is 10.1 Å². The Bertz CT molecular complexity index is 1300. The number of anilines is 1. The third-order valence-electron chi connectivity index (χ3n) is 5.59. The minimum atomic E-state index is -0.123. The molecule has 0 bridgehead atoms. The van der Waals surface area contributed by atoms with Crippen molar-refractivity contribution in [3.8, 4) is 11.3 Å². The molecular formula is C24H22ClN5O. The minimum absolute atomic E-state index is 0.123. The molecule has 0 fully saturated rings. The summed E-state index contributed by atoms with van der Waals surface area (Å²) < 4.78 is 0. The number of carbonyl (C=O) groups is 1. The number of nitrogens with one attached hydrogen (secondary N) is 2. The summed E-state index contributed by atoms with van der Waals surface area (Å²) in [6.45, 7) is 5.26. The van der Waals surface area contributed by atoms with Crippen LogP contribution in [0, 0.1) is 0 Å². The number of hydrogen-bond donors (Lipinski definition) is 2. The highest BCUT2D eigenvalue weighted by Gasteiger charge is 2.24. The van der Waals surface area contributed by atoms with E-state index in [0.29, 0.717) is 24.0 Å². The molecule has 0 unspecified atom stereocenters. The molecule has 0 saturated heterocycles. The van der Waals surface area contributed by atoms with E-state index in [1.807, 2.05) is 42.6 Å². The molecule has 31 heavy (non-hydrogen) atoms. The number of halogens is 1. The number of hydrogen-bond acceptors (Lipinski definition) is 3. The highest BCUT2D eigenvalue weighted by Crippen LogP contribution is 2.34. The first-order chi connectivity index (χ1) is 15.0. The van der Waals surface area contributed by atoms with Gasteiger partial charge in [-0.1, -0.05) is 37.6 Å². The lowest BCUT2D eigenvalue weighted by atomic mass is 10.0.